The van der Waals surface area contributed by atoms with E-state index in [9.17, 15) is 9.59 Å². The summed E-state index contributed by atoms with van der Waals surface area (Å²) in [5.74, 6) is 0.560. The van der Waals surface area contributed by atoms with Crippen LogP contribution in [0.1, 0.15) is 39.5 Å². The third kappa shape index (κ3) is 13.0. The number of anilines is 4. The summed E-state index contributed by atoms with van der Waals surface area (Å²) in [4.78, 5) is 33.4. The third-order valence-electron chi connectivity index (χ3n) is 8.01. The van der Waals surface area contributed by atoms with E-state index in [4.69, 9.17) is 0 Å². The molecule has 46 heavy (non-hydrogen) atoms. The Kier molecular flexibility index (Phi) is 16.3. The first-order valence-corrected chi connectivity index (χ1v) is 16.6. The van der Waals surface area contributed by atoms with Crippen LogP contribution in [0.4, 0.5) is 22.7 Å². The molecular weight excluding hydrogens is 568 g/mol. The van der Waals surface area contributed by atoms with E-state index in [-0.39, 0.29) is 5.78 Å². The summed E-state index contributed by atoms with van der Waals surface area (Å²) in [5.41, 5.74) is 4.01. The number of Topliss-reactive ketones (excluding diaryl/α,β-unsaturated/α-hetero) is 2. The Morgan fingerprint density at radius 2 is 0.739 bits per heavy atom. The predicted molar refractivity (Wildman–Crippen MR) is 195 cm³/mol. The number of hydrogen-bond acceptors (Lipinski definition) is 6. The van der Waals surface area contributed by atoms with E-state index < -0.39 is 0 Å². The van der Waals surface area contributed by atoms with Crippen LogP contribution < -0.4 is 9.80 Å². The maximum Gasteiger partial charge on any atom is 0.172 e. The van der Waals surface area contributed by atoms with Crippen molar-refractivity contribution in [2.45, 2.75) is 39.5 Å². The first kappa shape index (κ1) is 36.2. The Morgan fingerprint density at radius 3 is 1.00 bits per heavy atom. The van der Waals surface area contributed by atoms with Gasteiger partial charge in [0.05, 0.1) is 13.1 Å². The number of nitrogens with zero attached hydrogens (tertiary/aromatic N) is 4. The van der Waals surface area contributed by atoms with Gasteiger partial charge in [-0.3, -0.25) is 9.59 Å². The average Bonchev–Trinajstić information content (AvgIpc) is 3.11. The molecule has 0 saturated carbocycles. The summed E-state index contributed by atoms with van der Waals surface area (Å²) in [5, 5.41) is 0. The lowest BCUT2D eigenvalue weighted by atomic mass is 10.1. The molecule has 0 N–H and O–H groups in total. The second-order valence-electron chi connectivity index (χ2n) is 11.6. The van der Waals surface area contributed by atoms with E-state index >= 15 is 0 Å². The van der Waals surface area contributed by atoms with Crippen molar-refractivity contribution >= 4 is 34.3 Å². The second-order valence-corrected chi connectivity index (χ2v) is 11.6. The Bertz CT molecular complexity index is 1200. The highest BCUT2D eigenvalue weighted by Gasteiger charge is 2.18. The largest absolute Gasteiger partial charge is 0.334 e. The van der Waals surface area contributed by atoms with E-state index in [1.165, 1.54) is 0 Å². The normalized spacial score (nSPS) is 10.7. The molecule has 0 heterocycles. The molecule has 0 aliphatic heterocycles. The number of carbonyl (C=O) groups excluding carboxylic acids is 2. The maximum absolute atomic E-state index is 13.3. The monoisotopic (exact) mass is 620 g/mol. The zero-order chi connectivity index (χ0) is 33.0. The molecule has 0 saturated heterocycles. The summed E-state index contributed by atoms with van der Waals surface area (Å²) in [6.45, 7) is 9.08. The van der Waals surface area contributed by atoms with Crippen molar-refractivity contribution in [1.82, 2.24) is 9.80 Å². The van der Waals surface area contributed by atoms with Gasteiger partial charge in [0.1, 0.15) is 5.78 Å². The number of benzene rings is 4. The Morgan fingerprint density at radius 1 is 0.457 bits per heavy atom. The van der Waals surface area contributed by atoms with Gasteiger partial charge in [-0.15, -0.1) is 0 Å². The summed E-state index contributed by atoms with van der Waals surface area (Å²) in [7, 11) is 4.20. The number of hydrogen-bond donors (Lipinski definition) is 0. The fourth-order valence-corrected chi connectivity index (χ4v) is 5.03. The van der Waals surface area contributed by atoms with Crippen LogP contribution in [0.5, 0.6) is 0 Å². The Hall–Kier alpha value is -4.26. The first-order valence-electron chi connectivity index (χ1n) is 16.6. The molecule has 0 bridgehead atoms. The van der Waals surface area contributed by atoms with Crippen LogP contribution in [0, 0.1) is 0 Å². The van der Waals surface area contributed by atoms with Crippen molar-refractivity contribution in [3.63, 3.8) is 0 Å². The van der Waals surface area contributed by atoms with Gasteiger partial charge in [0.2, 0.25) is 0 Å². The molecule has 0 unspecified atom stereocenters. The SMILES string of the molecule is CCN(C)CCCC(=O)CCCN(C)CC.O=C(CN(c1ccccc1)c1ccccc1)CN(c1ccccc1)c1ccccc1. The molecule has 0 aliphatic carbocycles. The van der Waals surface area contributed by atoms with E-state index in [0.717, 1.165) is 74.6 Å². The molecule has 0 atom stereocenters. The van der Waals surface area contributed by atoms with Crippen molar-refractivity contribution in [1.29, 1.82) is 0 Å². The molecule has 244 valence electrons. The van der Waals surface area contributed by atoms with E-state index in [0.29, 0.717) is 18.9 Å². The lowest BCUT2D eigenvalue weighted by molar-refractivity contribution is -0.119. The van der Waals surface area contributed by atoms with Crippen molar-refractivity contribution < 1.29 is 9.59 Å². The number of carbonyl (C=O) groups is 2. The minimum Gasteiger partial charge on any atom is -0.334 e. The summed E-state index contributed by atoms with van der Waals surface area (Å²) in [6, 6.07) is 40.2. The summed E-state index contributed by atoms with van der Waals surface area (Å²) < 4.78 is 0. The van der Waals surface area contributed by atoms with Crippen LogP contribution >= 0.6 is 0 Å². The van der Waals surface area contributed by atoms with E-state index in [2.05, 4.69) is 47.5 Å². The highest BCUT2D eigenvalue weighted by molar-refractivity contribution is 5.91. The number of para-hydroxylation sites is 4. The van der Waals surface area contributed by atoms with Gasteiger partial charge in [0, 0.05) is 35.6 Å². The standard InChI is InChI=1S/C27H24N2O.C13H28N2O/c30-27(21-28(23-13-5-1-6-14-23)24-15-7-2-8-16-24)22-29(25-17-9-3-10-18-25)26-19-11-4-12-20-26;1-5-14(3)11-7-9-13(16)10-8-12-15(4)6-2/h1-20H,21-22H2;5-12H2,1-4H3. The minimum atomic E-state index is 0.135. The lowest BCUT2D eigenvalue weighted by Crippen LogP contribution is -2.33. The van der Waals surface area contributed by atoms with Crippen LogP contribution in [0.25, 0.3) is 0 Å². The van der Waals surface area contributed by atoms with Crippen molar-refractivity contribution in [2.75, 3.05) is 63.2 Å². The van der Waals surface area contributed by atoms with E-state index in [1.54, 1.807) is 0 Å². The molecule has 6 heteroatoms. The van der Waals surface area contributed by atoms with Crippen molar-refractivity contribution in [2.24, 2.45) is 0 Å². The third-order valence-corrected chi connectivity index (χ3v) is 8.01. The van der Waals surface area contributed by atoms with Crippen LogP contribution in [0.15, 0.2) is 121 Å². The maximum atomic E-state index is 13.3. The number of rotatable bonds is 18. The van der Waals surface area contributed by atoms with Crippen molar-refractivity contribution in [3.8, 4) is 0 Å². The van der Waals surface area contributed by atoms with Gasteiger partial charge in [-0.2, -0.15) is 0 Å². The molecular formula is C40H52N4O2. The van der Waals surface area contributed by atoms with Gasteiger partial charge >= 0.3 is 0 Å². The minimum absolute atomic E-state index is 0.135. The Balaban J connectivity index is 0.000000307. The zero-order valence-electron chi connectivity index (χ0n) is 28.2. The lowest BCUT2D eigenvalue weighted by Gasteiger charge is -2.28. The molecule has 0 radical (unpaired) electrons. The molecule has 4 aromatic rings. The Labute approximate surface area is 277 Å². The van der Waals surface area contributed by atoms with Gasteiger partial charge in [-0.25, -0.2) is 0 Å². The van der Waals surface area contributed by atoms with E-state index in [1.807, 2.05) is 121 Å². The molecule has 4 aromatic carbocycles. The smallest absolute Gasteiger partial charge is 0.172 e. The zero-order valence-corrected chi connectivity index (χ0v) is 28.2. The van der Waals surface area contributed by atoms with Crippen LogP contribution in [-0.4, -0.2) is 74.7 Å². The molecule has 0 spiro atoms. The van der Waals surface area contributed by atoms with Gasteiger partial charge in [-0.1, -0.05) is 86.6 Å². The fraction of sp³-hybridized carbons (Fsp3) is 0.350. The highest BCUT2D eigenvalue weighted by Crippen LogP contribution is 2.27. The quantitative estimate of drug-likeness (QED) is 0.112. The topological polar surface area (TPSA) is 47.1 Å². The summed E-state index contributed by atoms with van der Waals surface area (Å²) in [6.07, 6.45) is 3.51. The molecule has 0 amide bonds. The average molecular weight is 621 g/mol. The fourth-order valence-electron chi connectivity index (χ4n) is 5.03. The van der Waals surface area contributed by atoms with Gasteiger partial charge in [0.25, 0.3) is 0 Å². The van der Waals surface area contributed by atoms with Gasteiger partial charge in [-0.05, 0) is 102 Å². The molecule has 6 nitrogen and oxygen atoms in total. The first-order chi connectivity index (χ1) is 22.4. The van der Waals surface area contributed by atoms with Crippen molar-refractivity contribution in [3.05, 3.63) is 121 Å². The molecule has 0 aliphatic rings. The molecule has 0 fully saturated rings. The number of ketones is 2. The molecule has 4 rings (SSSR count). The van der Waals surface area contributed by atoms with Gasteiger partial charge < -0.3 is 19.6 Å². The van der Waals surface area contributed by atoms with Crippen LogP contribution in [0.3, 0.4) is 0 Å². The van der Waals surface area contributed by atoms with Gasteiger partial charge in [0.15, 0.2) is 5.78 Å². The van der Waals surface area contributed by atoms with Crippen LogP contribution in [-0.2, 0) is 9.59 Å². The second kappa shape index (κ2) is 20.7. The highest BCUT2D eigenvalue weighted by atomic mass is 16.1. The molecule has 0 aromatic heterocycles. The summed E-state index contributed by atoms with van der Waals surface area (Å²) >= 11 is 0. The van der Waals surface area contributed by atoms with Crippen LogP contribution in [0.2, 0.25) is 0 Å². The predicted octanol–water partition coefficient (Wildman–Crippen LogP) is 8.25.